The number of hydrogen-bond acceptors (Lipinski definition) is 4. The fourth-order valence-electron chi connectivity index (χ4n) is 1.54. The molecule has 0 aliphatic carbocycles. The van der Waals surface area contributed by atoms with Gasteiger partial charge in [-0.1, -0.05) is 18.2 Å². The number of aryl methyl sites for hydroxylation is 2. The Kier molecular flexibility index (Phi) is 3.40. The zero-order valence-electron chi connectivity index (χ0n) is 9.77. The number of hydrogen-bond donors (Lipinski definition) is 1. The Hall–Kier alpha value is -1.86. The Morgan fingerprint density at radius 2 is 2.12 bits per heavy atom. The zero-order chi connectivity index (χ0) is 12.3. The van der Waals surface area contributed by atoms with Crippen LogP contribution in [-0.2, 0) is 0 Å². The van der Waals surface area contributed by atoms with Crippen LogP contribution in [0.1, 0.15) is 22.3 Å². The maximum Gasteiger partial charge on any atom is 0.166 e. The van der Waals surface area contributed by atoms with Gasteiger partial charge in [-0.15, -0.1) is 11.3 Å². The van der Waals surface area contributed by atoms with Crippen molar-refractivity contribution in [2.75, 3.05) is 5.32 Å². The number of anilines is 1. The number of para-hydroxylation sites is 1. The minimum atomic E-state index is -0.380. The first-order chi connectivity index (χ1) is 8.20. The number of benzene rings is 1. The largest absolute Gasteiger partial charge is 0.364 e. The number of thiazole rings is 1. The van der Waals surface area contributed by atoms with Crippen molar-refractivity contribution in [3.63, 3.8) is 0 Å². The number of nitrogens with zero attached hydrogens (tertiary/aromatic N) is 2. The molecule has 1 aromatic carbocycles. The van der Waals surface area contributed by atoms with Crippen molar-refractivity contribution in [1.82, 2.24) is 4.98 Å². The third-order valence-electron chi connectivity index (χ3n) is 2.46. The molecule has 0 aliphatic rings. The monoisotopic (exact) mass is 243 g/mol. The quantitative estimate of drug-likeness (QED) is 0.898. The second-order valence-electron chi connectivity index (χ2n) is 3.85. The van der Waals surface area contributed by atoms with E-state index in [0.29, 0.717) is 0 Å². The van der Waals surface area contributed by atoms with Crippen LogP contribution in [0, 0.1) is 25.2 Å². The summed E-state index contributed by atoms with van der Waals surface area (Å²) in [5, 5.41) is 15.2. The summed E-state index contributed by atoms with van der Waals surface area (Å²) < 4.78 is 0. The number of rotatable bonds is 3. The maximum atomic E-state index is 9.20. The molecule has 0 amide bonds. The molecule has 0 saturated carbocycles. The summed E-state index contributed by atoms with van der Waals surface area (Å²) in [6.07, 6.45) is 0. The molecule has 1 atom stereocenters. The fraction of sp³-hybridized carbons (Fsp3) is 0.231. The molecule has 0 saturated heterocycles. The molecule has 17 heavy (non-hydrogen) atoms. The first-order valence-electron chi connectivity index (χ1n) is 5.34. The lowest BCUT2D eigenvalue weighted by molar-refractivity contribution is 0.960. The van der Waals surface area contributed by atoms with E-state index in [-0.39, 0.29) is 6.04 Å². The van der Waals surface area contributed by atoms with Gasteiger partial charge in [-0.2, -0.15) is 5.26 Å². The van der Waals surface area contributed by atoms with Crippen molar-refractivity contribution in [3.05, 3.63) is 45.9 Å². The predicted octanol–water partition coefficient (Wildman–Crippen LogP) is 3.44. The molecule has 2 rings (SSSR count). The summed E-state index contributed by atoms with van der Waals surface area (Å²) in [7, 11) is 0. The highest BCUT2D eigenvalue weighted by Gasteiger charge is 2.14. The first kappa shape index (κ1) is 11.6. The van der Waals surface area contributed by atoms with Crippen molar-refractivity contribution in [1.29, 1.82) is 5.26 Å². The van der Waals surface area contributed by atoms with Crippen LogP contribution in [0.2, 0.25) is 0 Å². The van der Waals surface area contributed by atoms with Gasteiger partial charge in [0.1, 0.15) is 5.01 Å². The molecule has 0 fully saturated rings. The van der Waals surface area contributed by atoms with Crippen molar-refractivity contribution >= 4 is 17.0 Å². The van der Waals surface area contributed by atoms with Gasteiger partial charge in [0.05, 0.1) is 6.07 Å². The van der Waals surface area contributed by atoms with Gasteiger partial charge in [0.15, 0.2) is 6.04 Å². The van der Waals surface area contributed by atoms with Crippen molar-refractivity contribution in [3.8, 4) is 6.07 Å². The Morgan fingerprint density at radius 1 is 1.35 bits per heavy atom. The molecule has 1 unspecified atom stereocenters. The normalized spacial score (nSPS) is 11.8. The van der Waals surface area contributed by atoms with Gasteiger partial charge in [0.25, 0.3) is 0 Å². The molecule has 86 valence electrons. The molecule has 0 aliphatic heterocycles. The Morgan fingerprint density at radius 3 is 2.71 bits per heavy atom. The average Bonchev–Trinajstić information content (AvgIpc) is 2.75. The van der Waals surface area contributed by atoms with Crippen LogP contribution in [0.3, 0.4) is 0 Å². The summed E-state index contributed by atoms with van der Waals surface area (Å²) in [5.74, 6) is 0. The van der Waals surface area contributed by atoms with E-state index in [1.165, 1.54) is 11.3 Å². The molecule has 3 nitrogen and oxygen atoms in total. The summed E-state index contributed by atoms with van der Waals surface area (Å²) in [6.45, 7) is 3.95. The number of nitriles is 1. The smallest absolute Gasteiger partial charge is 0.166 e. The molecule has 1 heterocycles. The number of aromatic nitrogens is 1. The maximum absolute atomic E-state index is 9.20. The highest BCUT2D eigenvalue weighted by molar-refractivity contribution is 7.09. The average molecular weight is 243 g/mol. The van der Waals surface area contributed by atoms with E-state index < -0.39 is 0 Å². The minimum absolute atomic E-state index is 0.380. The molecule has 1 aromatic heterocycles. The van der Waals surface area contributed by atoms with Gasteiger partial charge in [-0.05, 0) is 25.5 Å². The van der Waals surface area contributed by atoms with Gasteiger partial charge in [-0.3, -0.25) is 0 Å². The van der Waals surface area contributed by atoms with Gasteiger partial charge in [-0.25, -0.2) is 4.98 Å². The predicted molar refractivity (Wildman–Crippen MR) is 70.0 cm³/mol. The Balaban J connectivity index is 2.22. The highest BCUT2D eigenvalue weighted by atomic mass is 32.1. The third-order valence-corrected chi connectivity index (χ3v) is 3.49. The highest BCUT2D eigenvalue weighted by Crippen LogP contribution is 2.23. The molecule has 2 aromatic rings. The fourth-order valence-corrected chi connectivity index (χ4v) is 2.33. The second kappa shape index (κ2) is 4.98. The van der Waals surface area contributed by atoms with E-state index >= 15 is 0 Å². The summed E-state index contributed by atoms with van der Waals surface area (Å²) >= 11 is 1.51. The SMILES string of the molecule is Cc1csc(C(C#N)Nc2ccccc2C)n1. The minimum Gasteiger partial charge on any atom is -0.364 e. The van der Waals surface area contributed by atoms with Crippen LogP contribution in [0.4, 0.5) is 5.69 Å². The van der Waals surface area contributed by atoms with Gasteiger partial charge in [0, 0.05) is 16.8 Å². The van der Waals surface area contributed by atoms with Crippen molar-refractivity contribution in [2.24, 2.45) is 0 Å². The van der Waals surface area contributed by atoms with E-state index in [4.69, 9.17) is 0 Å². The molecule has 0 spiro atoms. The van der Waals surface area contributed by atoms with Crippen LogP contribution in [0.15, 0.2) is 29.6 Å². The molecular formula is C13H13N3S. The van der Waals surface area contributed by atoms with Crippen molar-refractivity contribution in [2.45, 2.75) is 19.9 Å². The van der Waals surface area contributed by atoms with Crippen LogP contribution in [0.5, 0.6) is 0 Å². The summed E-state index contributed by atoms with van der Waals surface area (Å²) in [4.78, 5) is 4.34. The van der Waals surface area contributed by atoms with Crippen LogP contribution in [-0.4, -0.2) is 4.98 Å². The molecule has 1 N–H and O–H groups in total. The van der Waals surface area contributed by atoms with E-state index in [1.807, 2.05) is 43.5 Å². The van der Waals surface area contributed by atoms with Crippen LogP contribution in [0.25, 0.3) is 0 Å². The lowest BCUT2D eigenvalue weighted by atomic mass is 10.2. The van der Waals surface area contributed by atoms with Gasteiger partial charge in [0.2, 0.25) is 0 Å². The van der Waals surface area contributed by atoms with Crippen LogP contribution < -0.4 is 5.32 Å². The zero-order valence-corrected chi connectivity index (χ0v) is 10.6. The van der Waals surface area contributed by atoms with E-state index in [9.17, 15) is 5.26 Å². The van der Waals surface area contributed by atoms with E-state index in [1.54, 1.807) is 0 Å². The molecule has 4 heteroatoms. The Bertz CT molecular complexity index is 554. The molecule has 0 bridgehead atoms. The molecular weight excluding hydrogens is 230 g/mol. The second-order valence-corrected chi connectivity index (χ2v) is 4.74. The Labute approximate surface area is 105 Å². The standard InChI is InChI=1S/C13H13N3S/c1-9-5-3-4-6-11(9)16-12(7-14)13-15-10(2)8-17-13/h3-6,8,12,16H,1-2H3. The van der Waals surface area contributed by atoms with Gasteiger partial charge >= 0.3 is 0 Å². The topological polar surface area (TPSA) is 48.7 Å². The summed E-state index contributed by atoms with van der Waals surface area (Å²) in [5.41, 5.74) is 3.06. The van der Waals surface area contributed by atoms with Crippen molar-refractivity contribution < 1.29 is 0 Å². The first-order valence-corrected chi connectivity index (χ1v) is 6.22. The lowest BCUT2D eigenvalue weighted by Crippen LogP contribution is -2.09. The molecule has 0 radical (unpaired) electrons. The summed E-state index contributed by atoms with van der Waals surface area (Å²) in [6, 6.07) is 9.79. The van der Waals surface area contributed by atoms with E-state index in [2.05, 4.69) is 16.4 Å². The number of nitrogens with one attached hydrogen (secondary N) is 1. The van der Waals surface area contributed by atoms with Gasteiger partial charge < -0.3 is 5.32 Å². The van der Waals surface area contributed by atoms with Crippen LogP contribution >= 0.6 is 11.3 Å². The lowest BCUT2D eigenvalue weighted by Gasteiger charge is -2.12. The van der Waals surface area contributed by atoms with E-state index in [0.717, 1.165) is 22.0 Å². The third kappa shape index (κ3) is 2.63.